The Bertz CT molecular complexity index is 1600. The second kappa shape index (κ2) is 63.8. The molecular formula is C76H141NO10. The van der Waals surface area contributed by atoms with E-state index in [0.717, 1.165) is 64.2 Å². The molecular weight excluding hydrogens is 1090 g/mol. The fourth-order valence-corrected chi connectivity index (χ4v) is 11.8. The highest BCUT2D eigenvalue weighted by Gasteiger charge is 2.47. The molecule has 1 heterocycles. The van der Waals surface area contributed by atoms with Gasteiger partial charge in [-0.25, -0.2) is 0 Å². The quantitative estimate of drug-likeness (QED) is 0.0195. The molecule has 1 rings (SSSR count). The summed E-state index contributed by atoms with van der Waals surface area (Å²) in [5.41, 5.74) is 0. The highest BCUT2D eigenvalue weighted by molar-refractivity contribution is 5.80. The van der Waals surface area contributed by atoms with Crippen molar-refractivity contribution in [2.24, 2.45) is 0 Å². The first-order valence-electron chi connectivity index (χ1n) is 37.4. The first-order chi connectivity index (χ1) is 42.7. The summed E-state index contributed by atoms with van der Waals surface area (Å²) in [6.45, 7) is 5.81. The Morgan fingerprint density at radius 2 is 0.793 bits per heavy atom. The third-order valence-corrected chi connectivity index (χ3v) is 17.7. The summed E-state index contributed by atoms with van der Waals surface area (Å²) in [5.74, 6) is -1.18. The van der Waals surface area contributed by atoms with Crippen molar-refractivity contribution in [1.29, 1.82) is 0 Å². The van der Waals surface area contributed by atoms with Crippen LogP contribution in [0.2, 0.25) is 0 Å². The van der Waals surface area contributed by atoms with E-state index in [1.54, 1.807) is 6.08 Å². The van der Waals surface area contributed by atoms with Crippen LogP contribution < -0.4 is 5.32 Å². The molecule has 0 aliphatic carbocycles. The van der Waals surface area contributed by atoms with Crippen molar-refractivity contribution in [3.63, 3.8) is 0 Å². The first kappa shape index (κ1) is 82.6. The number of hydrogen-bond acceptors (Lipinski definition) is 10. The lowest BCUT2D eigenvalue weighted by Crippen LogP contribution is -2.61. The number of carbonyl (C=O) groups is 2. The van der Waals surface area contributed by atoms with Crippen molar-refractivity contribution in [3.8, 4) is 0 Å². The van der Waals surface area contributed by atoms with Crippen LogP contribution >= 0.6 is 0 Å². The van der Waals surface area contributed by atoms with Gasteiger partial charge in [0.2, 0.25) is 5.91 Å². The lowest BCUT2D eigenvalue weighted by Gasteiger charge is -2.41. The van der Waals surface area contributed by atoms with Gasteiger partial charge in [-0.1, -0.05) is 320 Å². The van der Waals surface area contributed by atoms with Crippen molar-refractivity contribution in [2.45, 2.75) is 410 Å². The molecule has 1 aliphatic heterocycles. The molecule has 0 bridgehead atoms. The Balaban J connectivity index is 2.51. The zero-order valence-corrected chi connectivity index (χ0v) is 56.9. The molecule has 0 aromatic heterocycles. The van der Waals surface area contributed by atoms with Crippen LogP contribution in [0.3, 0.4) is 0 Å². The van der Waals surface area contributed by atoms with Crippen LogP contribution in [0.15, 0.2) is 48.6 Å². The van der Waals surface area contributed by atoms with Gasteiger partial charge >= 0.3 is 5.97 Å². The van der Waals surface area contributed by atoms with Crippen LogP contribution in [-0.4, -0.2) is 99.6 Å². The zero-order valence-electron chi connectivity index (χ0n) is 56.9. The molecule has 510 valence electrons. The number of unbranched alkanes of at least 4 members (excludes halogenated alkanes) is 45. The summed E-state index contributed by atoms with van der Waals surface area (Å²) in [4.78, 5) is 26.7. The van der Waals surface area contributed by atoms with Crippen molar-refractivity contribution >= 4 is 11.9 Å². The number of hydrogen-bond donors (Lipinski definition) is 6. The third kappa shape index (κ3) is 50.9. The first-order valence-corrected chi connectivity index (χ1v) is 37.4. The van der Waals surface area contributed by atoms with Crippen molar-refractivity contribution in [3.05, 3.63) is 48.6 Å². The number of rotatable bonds is 65. The van der Waals surface area contributed by atoms with Gasteiger partial charge in [0, 0.05) is 6.42 Å². The molecule has 1 amide bonds. The van der Waals surface area contributed by atoms with Gasteiger partial charge in [0.05, 0.1) is 25.4 Å². The van der Waals surface area contributed by atoms with E-state index >= 15 is 0 Å². The Morgan fingerprint density at radius 3 is 1.21 bits per heavy atom. The summed E-state index contributed by atoms with van der Waals surface area (Å²) in [5, 5.41) is 57.3. The standard InChI is InChI=1S/C76H141NO10/c1-4-7-10-13-16-19-22-24-26-28-30-32-34-35-36-38-40-42-44-46-49-52-55-58-61-64-71(81)87-74-73(83)72(82)70(65-78)86-76(74)85-66-67(68(79)62-59-56-53-50-47-21-18-15-12-9-6-3)77-75(84)69(80)63-60-57-54-51-48-45-43-41-39-37-33-31-29-27-25-23-20-17-14-11-8-5-2/h16,19,24-27,59,62,67-70,72-74,76,78-80,82-83H,4-15,17-18,20-23,28-58,60-61,63-66H2,1-3H3,(H,77,84)/b19-16-,26-24-,27-25+,62-59+. The molecule has 1 aliphatic rings. The Morgan fingerprint density at radius 1 is 0.448 bits per heavy atom. The van der Waals surface area contributed by atoms with Gasteiger partial charge in [-0.3, -0.25) is 9.59 Å². The molecule has 0 spiro atoms. The minimum atomic E-state index is -1.61. The molecule has 1 fully saturated rings. The van der Waals surface area contributed by atoms with E-state index in [2.05, 4.69) is 62.5 Å². The lowest BCUT2D eigenvalue weighted by molar-refractivity contribution is -0.305. The molecule has 6 N–H and O–H groups in total. The van der Waals surface area contributed by atoms with Crippen LogP contribution in [-0.2, 0) is 23.8 Å². The maximum atomic E-state index is 13.5. The highest BCUT2D eigenvalue weighted by Crippen LogP contribution is 2.26. The fourth-order valence-electron chi connectivity index (χ4n) is 11.8. The molecule has 1 saturated heterocycles. The number of aliphatic hydroxyl groups excluding tert-OH is 5. The molecule has 0 radical (unpaired) electrons. The third-order valence-electron chi connectivity index (χ3n) is 17.7. The second-order valence-electron chi connectivity index (χ2n) is 26.0. The molecule has 87 heavy (non-hydrogen) atoms. The van der Waals surface area contributed by atoms with E-state index in [1.807, 2.05) is 6.08 Å². The van der Waals surface area contributed by atoms with E-state index in [9.17, 15) is 35.1 Å². The molecule has 11 nitrogen and oxygen atoms in total. The van der Waals surface area contributed by atoms with Crippen LogP contribution in [0.4, 0.5) is 0 Å². The second-order valence-corrected chi connectivity index (χ2v) is 26.0. The number of ether oxygens (including phenoxy) is 3. The van der Waals surface area contributed by atoms with E-state index in [-0.39, 0.29) is 13.0 Å². The maximum Gasteiger partial charge on any atom is 0.306 e. The zero-order chi connectivity index (χ0) is 63.1. The summed E-state index contributed by atoms with van der Waals surface area (Å²) >= 11 is 0. The van der Waals surface area contributed by atoms with E-state index in [0.29, 0.717) is 19.3 Å². The molecule has 0 aromatic rings. The average molecular weight is 1230 g/mol. The number of allylic oxidation sites excluding steroid dienone is 7. The summed E-state index contributed by atoms with van der Waals surface area (Å²) in [7, 11) is 0. The van der Waals surface area contributed by atoms with Gasteiger partial charge in [-0.15, -0.1) is 0 Å². The van der Waals surface area contributed by atoms with E-state index in [4.69, 9.17) is 14.2 Å². The Hall–Kier alpha value is -2.38. The normalized spacial score (nSPS) is 18.5. The Labute approximate surface area is 536 Å². The number of esters is 1. The van der Waals surface area contributed by atoms with Gasteiger partial charge in [-0.2, -0.15) is 0 Å². The fraction of sp³-hybridized carbons (Fsp3) is 0.868. The van der Waals surface area contributed by atoms with Gasteiger partial charge in [0.1, 0.15) is 24.4 Å². The molecule has 8 atom stereocenters. The van der Waals surface area contributed by atoms with Crippen LogP contribution in [0, 0.1) is 0 Å². The van der Waals surface area contributed by atoms with Crippen LogP contribution in [0.5, 0.6) is 0 Å². The molecule has 11 heteroatoms. The highest BCUT2D eigenvalue weighted by atomic mass is 16.7. The van der Waals surface area contributed by atoms with Gasteiger partial charge in [0.25, 0.3) is 0 Å². The Kier molecular flexibility index (Phi) is 60.6. The number of amides is 1. The van der Waals surface area contributed by atoms with E-state index in [1.165, 1.54) is 250 Å². The van der Waals surface area contributed by atoms with Crippen molar-refractivity contribution < 1.29 is 49.3 Å². The summed E-state index contributed by atoms with van der Waals surface area (Å²) < 4.78 is 17.7. The maximum absolute atomic E-state index is 13.5. The predicted molar refractivity (Wildman–Crippen MR) is 366 cm³/mol. The lowest BCUT2D eigenvalue weighted by atomic mass is 9.99. The predicted octanol–water partition coefficient (Wildman–Crippen LogP) is 19.5. The van der Waals surface area contributed by atoms with Gasteiger partial charge in [0.15, 0.2) is 12.4 Å². The number of carbonyl (C=O) groups excluding carboxylic acids is 2. The van der Waals surface area contributed by atoms with Gasteiger partial charge < -0.3 is 45.1 Å². The monoisotopic (exact) mass is 1230 g/mol. The summed E-state index contributed by atoms with van der Waals surface area (Å²) in [6, 6.07) is -1.02. The molecule has 0 saturated carbocycles. The molecule has 8 unspecified atom stereocenters. The number of nitrogens with one attached hydrogen (secondary N) is 1. The largest absolute Gasteiger partial charge is 0.454 e. The number of aliphatic hydroxyl groups is 5. The topological polar surface area (TPSA) is 175 Å². The SMILES string of the molecule is CCCCC/C=C\C/C=C\CCCCCCCCCCCCCCCCCC(=O)OC1C(OCC(NC(=O)C(O)CCCCCCCCCCCCCC/C=C/CCCCCCCC)C(O)/C=C/CCCCCCCCCCC)OC(CO)C(O)C1O. The average Bonchev–Trinajstić information content (AvgIpc) is 3.12. The van der Waals surface area contributed by atoms with Crippen LogP contribution in [0.25, 0.3) is 0 Å². The molecule has 0 aromatic carbocycles. The van der Waals surface area contributed by atoms with Crippen molar-refractivity contribution in [2.75, 3.05) is 13.2 Å². The van der Waals surface area contributed by atoms with Crippen LogP contribution in [0.1, 0.15) is 361 Å². The van der Waals surface area contributed by atoms with Crippen molar-refractivity contribution in [1.82, 2.24) is 5.32 Å². The minimum Gasteiger partial charge on any atom is -0.454 e. The smallest absolute Gasteiger partial charge is 0.306 e. The minimum absolute atomic E-state index is 0.126. The van der Waals surface area contributed by atoms with E-state index < -0.39 is 67.4 Å². The van der Waals surface area contributed by atoms with Gasteiger partial charge in [-0.05, 0) is 83.5 Å². The summed E-state index contributed by atoms with van der Waals surface area (Å²) in [6.07, 6.45) is 70.2.